The number of nitrogens with one attached hydrogen (secondary N) is 2. The first kappa shape index (κ1) is 17.9. The highest BCUT2D eigenvalue weighted by molar-refractivity contribution is 5.85. The SMILES string of the molecule is CN(C)C1(c2ccccc2)CCC2(CC1)NCCc1c2[nH]c2ccc(F)cc12. The minimum atomic E-state index is -0.152. The van der Waals surface area contributed by atoms with Crippen LogP contribution in [0.5, 0.6) is 0 Å². The molecule has 5 rings (SSSR count). The molecule has 2 aromatic carbocycles. The Morgan fingerprint density at radius 1 is 0.964 bits per heavy atom. The fourth-order valence-corrected chi connectivity index (χ4v) is 5.66. The third-order valence-corrected chi connectivity index (χ3v) is 7.28. The first-order chi connectivity index (χ1) is 13.5. The van der Waals surface area contributed by atoms with E-state index in [-0.39, 0.29) is 16.9 Å². The number of fused-ring (bicyclic) bond motifs is 4. The summed E-state index contributed by atoms with van der Waals surface area (Å²) in [5.74, 6) is -0.152. The Morgan fingerprint density at radius 2 is 1.71 bits per heavy atom. The Hall–Kier alpha value is -2.17. The molecule has 2 aliphatic rings. The molecule has 1 spiro atoms. The Balaban J connectivity index is 1.54. The van der Waals surface area contributed by atoms with Crippen LogP contribution in [-0.4, -0.2) is 30.5 Å². The molecule has 2 N–H and O–H groups in total. The lowest BCUT2D eigenvalue weighted by molar-refractivity contribution is 0.0496. The van der Waals surface area contributed by atoms with Crippen LogP contribution in [0.4, 0.5) is 4.39 Å². The molecule has 1 aliphatic heterocycles. The van der Waals surface area contributed by atoms with Crippen molar-refractivity contribution in [1.29, 1.82) is 0 Å². The van der Waals surface area contributed by atoms with Crippen molar-refractivity contribution < 1.29 is 4.39 Å². The van der Waals surface area contributed by atoms with Crippen molar-refractivity contribution in [3.8, 4) is 0 Å². The lowest BCUT2D eigenvalue weighted by Crippen LogP contribution is -2.55. The molecule has 1 fully saturated rings. The number of nitrogens with zero attached hydrogens (tertiary/aromatic N) is 1. The van der Waals surface area contributed by atoms with E-state index in [1.54, 1.807) is 12.1 Å². The molecule has 0 bridgehead atoms. The smallest absolute Gasteiger partial charge is 0.123 e. The molecule has 1 aliphatic carbocycles. The standard InChI is InChI=1S/C24H28FN3/c1-28(2)24(17-6-4-3-5-7-17)13-11-23(12-14-24)22-19(10-15-26-23)20-16-18(25)8-9-21(20)27-22/h3-9,16,26-27H,10-15H2,1-2H3. The second kappa shape index (κ2) is 6.43. The van der Waals surface area contributed by atoms with Crippen LogP contribution in [0.25, 0.3) is 10.9 Å². The number of aromatic nitrogens is 1. The van der Waals surface area contributed by atoms with Gasteiger partial charge in [-0.05, 0) is 75.5 Å². The molecular formula is C24H28FN3. The van der Waals surface area contributed by atoms with Crippen LogP contribution < -0.4 is 5.32 Å². The number of H-pyrrole nitrogens is 1. The molecule has 0 radical (unpaired) electrons. The summed E-state index contributed by atoms with van der Waals surface area (Å²) < 4.78 is 13.9. The Kier molecular flexibility index (Phi) is 4.11. The zero-order chi connectivity index (χ0) is 19.4. The summed E-state index contributed by atoms with van der Waals surface area (Å²) in [5.41, 5.74) is 5.11. The fraction of sp³-hybridized carbons (Fsp3) is 0.417. The molecule has 146 valence electrons. The van der Waals surface area contributed by atoms with Gasteiger partial charge in [-0.15, -0.1) is 0 Å². The van der Waals surface area contributed by atoms with Crippen molar-refractivity contribution >= 4 is 10.9 Å². The number of hydrogen-bond acceptors (Lipinski definition) is 2. The van der Waals surface area contributed by atoms with Gasteiger partial charge in [0.2, 0.25) is 0 Å². The summed E-state index contributed by atoms with van der Waals surface area (Å²) in [6, 6.07) is 16.1. The highest BCUT2D eigenvalue weighted by atomic mass is 19.1. The predicted molar refractivity (Wildman–Crippen MR) is 112 cm³/mol. The number of rotatable bonds is 2. The van der Waals surface area contributed by atoms with Crippen LogP contribution >= 0.6 is 0 Å². The van der Waals surface area contributed by atoms with Gasteiger partial charge in [-0.25, -0.2) is 4.39 Å². The summed E-state index contributed by atoms with van der Waals surface area (Å²) >= 11 is 0. The third-order valence-electron chi connectivity index (χ3n) is 7.28. The van der Waals surface area contributed by atoms with Crippen molar-refractivity contribution in [2.24, 2.45) is 0 Å². The lowest BCUT2D eigenvalue weighted by atomic mass is 9.66. The second-order valence-corrected chi connectivity index (χ2v) is 8.72. The van der Waals surface area contributed by atoms with Gasteiger partial charge in [0.15, 0.2) is 0 Å². The van der Waals surface area contributed by atoms with Gasteiger partial charge < -0.3 is 10.3 Å². The molecule has 0 unspecified atom stereocenters. The molecular weight excluding hydrogens is 349 g/mol. The minimum Gasteiger partial charge on any atom is -0.357 e. The summed E-state index contributed by atoms with van der Waals surface area (Å²) in [5, 5.41) is 4.91. The summed E-state index contributed by atoms with van der Waals surface area (Å²) in [7, 11) is 4.41. The van der Waals surface area contributed by atoms with Crippen molar-refractivity contribution in [3.63, 3.8) is 0 Å². The van der Waals surface area contributed by atoms with E-state index in [9.17, 15) is 4.39 Å². The molecule has 4 heteroatoms. The summed E-state index contributed by atoms with van der Waals surface area (Å²) in [6.07, 6.45) is 5.29. The maximum Gasteiger partial charge on any atom is 0.123 e. The quantitative estimate of drug-likeness (QED) is 0.679. The van der Waals surface area contributed by atoms with Crippen LogP contribution in [0.2, 0.25) is 0 Å². The lowest BCUT2D eigenvalue weighted by Gasteiger charge is -2.51. The molecule has 0 saturated heterocycles. The molecule has 1 saturated carbocycles. The number of hydrogen-bond donors (Lipinski definition) is 2. The van der Waals surface area contributed by atoms with E-state index in [1.807, 2.05) is 6.07 Å². The monoisotopic (exact) mass is 377 g/mol. The molecule has 0 amide bonds. The normalized spacial score (nSPS) is 27.4. The van der Waals surface area contributed by atoms with E-state index >= 15 is 0 Å². The maximum absolute atomic E-state index is 13.9. The van der Waals surface area contributed by atoms with Crippen LogP contribution in [0, 0.1) is 5.82 Å². The number of benzene rings is 2. The van der Waals surface area contributed by atoms with Gasteiger partial charge in [0.05, 0.1) is 5.54 Å². The van der Waals surface area contributed by atoms with Crippen LogP contribution in [0.1, 0.15) is 42.5 Å². The first-order valence-electron chi connectivity index (χ1n) is 10.3. The largest absolute Gasteiger partial charge is 0.357 e. The topological polar surface area (TPSA) is 31.1 Å². The Labute approximate surface area is 165 Å². The molecule has 0 atom stereocenters. The van der Waals surface area contributed by atoms with E-state index in [0.29, 0.717) is 0 Å². The van der Waals surface area contributed by atoms with Gasteiger partial charge in [-0.2, -0.15) is 0 Å². The predicted octanol–water partition coefficient (Wildman–Crippen LogP) is 4.68. The first-order valence-corrected chi connectivity index (χ1v) is 10.3. The molecule has 3 nitrogen and oxygen atoms in total. The van der Waals surface area contributed by atoms with Crippen LogP contribution in [-0.2, 0) is 17.5 Å². The highest BCUT2D eigenvalue weighted by Crippen LogP contribution is 2.50. The Bertz CT molecular complexity index is 997. The van der Waals surface area contributed by atoms with Gasteiger partial charge >= 0.3 is 0 Å². The molecule has 2 heterocycles. The zero-order valence-electron chi connectivity index (χ0n) is 16.7. The van der Waals surface area contributed by atoms with Crippen molar-refractivity contribution in [1.82, 2.24) is 15.2 Å². The fourth-order valence-electron chi connectivity index (χ4n) is 5.66. The van der Waals surface area contributed by atoms with E-state index < -0.39 is 0 Å². The third kappa shape index (κ3) is 2.55. The van der Waals surface area contributed by atoms with Crippen molar-refractivity contribution in [3.05, 3.63) is 71.2 Å². The summed E-state index contributed by atoms with van der Waals surface area (Å²) in [6.45, 7) is 0.955. The Morgan fingerprint density at radius 3 is 2.43 bits per heavy atom. The molecule has 28 heavy (non-hydrogen) atoms. The maximum atomic E-state index is 13.9. The highest BCUT2D eigenvalue weighted by Gasteiger charge is 2.48. The van der Waals surface area contributed by atoms with Crippen LogP contribution in [0.3, 0.4) is 0 Å². The van der Waals surface area contributed by atoms with Crippen LogP contribution in [0.15, 0.2) is 48.5 Å². The number of aromatic amines is 1. The van der Waals surface area contributed by atoms with Crippen molar-refractivity contribution in [2.45, 2.75) is 43.2 Å². The van der Waals surface area contributed by atoms with Gasteiger partial charge in [0.25, 0.3) is 0 Å². The average molecular weight is 378 g/mol. The zero-order valence-corrected chi connectivity index (χ0v) is 16.7. The van der Waals surface area contributed by atoms with E-state index in [2.05, 4.69) is 59.6 Å². The van der Waals surface area contributed by atoms with Gasteiger partial charge in [0, 0.05) is 28.7 Å². The van der Waals surface area contributed by atoms with Gasteiger partial charge in [0.1, 0.15) is 5.82 Å². The van der Waals surface area contributed by atoms with E-state index in [4.69, 9.17) is 0 Å². The second-order valence-electron chi connectivity index (χ2n) is 8.72. The molecule has 3 aromatic rings. The molecule has 1 aromatic heterocycles. The number of halogens is 1. The van der Waals surface area contributed by atoms with Gasteiger partial charge in [-0.3, -0.25) is 4.90 Å². The van der Waals surface area contributed by atoms with E-state index in [0.717, 1.165) is 49.6 Å². The average Bonchev–Trinajstić information content (AvgIpc) is 3.09. The minimum absolute atomic E-state index is 0.0304. The van der Waals surface area contributed by atoms with E-state index in [1.165, 1.54) is 16.8 Å². The van der Waals surface area contributed by atoms with Crippen molar-refractivity contribution in [2.75, 3.05) is 20.6 Å². The summed E-state index contributed by atoms with van der Waals surface area (Å²) in [4.78, 5) is 6.06. The van der Waals surface area contributed by atoms with Gasteiger partial charge in [-0.1, -0.05) is 30.3 Å².